The van der Waals surface area contributed by atoms with Crippen LogP contribution in [-0.2, 0) is 24.4 Å². The molecule has 14 heteroatoms. The van der Waals surface area contributed by atoms with Crippen LogP contribution in [-0.4, -0.2) is 48.0 Å². The van der Waals surface area contributed by atoms with Crippen LogP contribution in [0.4, 0.5) is 10.5 Å². The van der Waals surface area contributed by atoms with Crippen molar-refractivity contribution >= 4 is 66.7 Å². The van der Waals surface area contributed by atoms with E-state index in [0.29, 0.717) is 17.3 Å². The summed E-state index contributed by atoms with van der Waals surface area (Å²) in [5, 5.41) is 10.1. The Morgan fingerprint density at radius 2 is 1.86 bits per heavy atom. The molecule has 0 aliphatic carbocycles. The number of nitro groups is 1. The molecule has 35 heavy (non-hydrogen) atoms. The van der Waals surface area contributed by atoms with E-state index >= 15 is 0 Å². The van der Waals surface area contributed by atoms with Crippen molar-refractivity contribution in [1.82, 2.24) is 4.90 Å². The molecule has 0 N–H and O–H groups in total. The van der Waals surface area contributed by atoms with Crippen molar-refractivity contribution in [2.45, 2.75) is 24.8 Å². The molecule has 0 bridgehead atoms. The third-order valence-corrected chi connectivity index (χ3v) is 7.09. The fourth-order valence-electron chi connectivity index (χ4n) is 2.79. The normalized spacial score (nSPS) is 15.1. The van der Waals surface area contributed by atoms with Crippen LogP contribution >= 0.6 is 27.7 Å². The summed E-state index contributed by atoms with van der Waals surface area (Å²) in [5.41, 5.74) is 0.183. The topological polar surface area (TPSA) is 150 Å². The highest BCUT2D eigenvalue weighted by molar-refractivity contribution is 9.10. The van der Waals surface area contributed by atoms with Gasteiger partial charge in [-0.1, -0.05) is 6.07 Å². The van der Waals surface area contributed by atoms with Gasteiger partial charge in [0.1, 0.15) is 11.4 Å². The number of non-ortho nitro benzene ring substituents is 1. The van der Waals surface area contributed by atoms with Crippen molar-refractivity contribution in [3.63, 3.8) is 0 Å². The van der Waals surface area contributed by atoms with Gasteiger partial charge in [0.25, 0.3) is 16.8 Å². The Hall–Kier alpha value is -3.23. The zero-order valence-corrected chi connectivity index (χ0v) is 21.4. The standard InChI is InChI=1S/C21H17BrN2O9S2/c1-12(2)32-19(25)11-23-20(26)18(34-21(23)27)10-13-3-8-17(16(22)9-13)33-35(30,31)15-6-4-14(5-7-15)24(28)29/h3-10,12H,11H2,1-2H3/b18-10-. The van der Waals surface area contributed by atoms with Gasteiger partial charge in [0.15, 0.2) is 5.75 Å². The number of carbonyl (C=O) groups excluding carboxylic acids is 3. The molecule has 1 saturated heterocycles. The summed E-state index contributed by atoms with van der Waals surface area (Å²) in [4.78, 5) is 47.2. The predicted molar refractivity (Wildman–Crippen MR) is 129 cm³/mol. The number of benzene rings is 2. The second-order valence-corrected chi connectivity index (χ2v) is 10.7. The maximum atomic E-state index is 12.6. The molecule has 1 aliphatic heterocycles. The summed E-state index contributed by atoms with van der Waals surface area (Å²) in [6.07, 6.45) is 1.03. The molecule has 2 amide bonds. The zero-order chi connectivity index (χ0) is 25.9. The summed E-state index contributed by atoms with van der Waals surface area (Å²) < 4.78 is 35.4. The molecular weight excluding hydrogens is 568 g/mol. The number of halogens is 1. The lowest BCUT2D eigenvalue weighted by Gasteiger charge is -2.13. The lowest BCUT2D eigenvalue weighted by molar-refractivity contribution is -0.384. The molecule has 0 unspecified atom stereocenters. The summed E-state index contributed by atoms with van der Waals surface area (Å²) in [6, 6.07) is 8.48. The number of hydrogen-bond donors (Lipinski definition) is 0. The van der Waals surface area contributed by atoms with Crippen molar-refractivity contribution in [2.75, 3.05) is 6.54 Å². The predicted octanol–water partition coefficient (Wildman–Crippen LogP) is 4.11. The maximum absolute atomic E-state index is 12.6. The summed E-state index contributed by atoms with van der Waals surface area (Å²) in [7, 11) is -4.28. The minimum absolute atomic E-state index is 0.0648. The molecule has 11 nitrogen and oxygen atoms in total. The average Bonchev–Trinajstić information content (AvgIpc) is 3.02. The van der Waals surface area contributed by atoms with Gasteiger partial charge in [-0.15, -0.1) is 0 Å². The summed E-state index contributed by atoms with van der Waals surface area (Å²) in [6.45, 7) is 2.79. The lowest BCUT2D eigenvalue weighted by atomic mass is 10.2. The Bertz CT molecular complexity index is 1340. The Morgan fingerprint density at radius 3 is 2.43 bits per heavy atom. The first kappa shape index (κ1) is 26.4. The molecule has 0 saturated carbocycles. The molecule has 0 spiro atoms. The first-order chi connectivity index (χ1) is 16.4. The Kier molecular flexibility index (Phi) is 7.97. The summed E-state index contributed by atoms with van der Waals surface area (Å²) in [5.74, 6) is -1.43. The van der Waals surface area contributed by atoms with Gasteiger partial charge in [0.2, 0.25) is 0 Å². The van der Waals surface area contributed by atoms with Crippen molar-refractivity contribution in [1.29, 1.82) is 0 Å². The average molecular weight is 585 g/mol. The minimum atomic E-state index is -4.28. The number of thioether (sulfide) groups is 1. The van der Waals surface area contributed by atoms with Crippen LogP contribution in [0.5, 0.6) is 5.75 Å². The van der Waals surface area contributed by atoms with E-state index in [1.54, 1.807) is 13.8 Å². The molecule has 1 heterocycles. The third-order valence-electron chi connectivity index (χ3n) is 4.32. The molecule has 2 aromatic carbocycles. The van der Waals surface area contributed by atoms with Crippen LogP contribution in [0, 0.1) is 10.1 Å². The number of amides is 2. The molecular formula is C21H17BrN2O9S2. The van der Waals surface area contributed by atoms with Crippen molar-refractivity contribution < 1.29 is 36.6 Å². The van der Waals surface area contributed by atoms with Crippen LogP contribution < -0.4 is 4.18 Å². The fraction of sp³-hybridized carbons (Fsp3) is 0.190. The number of rotatable bonds is 8. The molecule has 184 valence electrons. The Morgan fingerprint density at radius 1 is 1.20 bits per heavy atom. The highest BCUT2D eigenvalue weighted by Gasteiger charge is 2.36. The van der Waals surface area contributed by atoms with Crippen LogP contribution in [0.3, 0.4) is 0 Å². The van der Waals surface area contributed by atoms with Crippen LogP contribution in [0.2, 0.25) is 0 Å². The quantitative estimate of drug-likeness (QED) is 0.146. The van der Waals surface area contributed by atoms with E-state index in [9.17, 15) is 32.9 Å². The lowest BCUT2D eigenvalue weighted by Crippen LogP contribution is -2.35. The van der Waals surface area contributed by atoms with E-state index in [1.807, 2.05) is 0 Å². The van der Waals surface area contributed by atoms with Gasteiger partial charge < -0.3 is 8.92 Å². The molecule has 1 fully saturated rings. The van der Waals surface area contributed by atoms with Crippen LogP contribution in [0.25, 0.3) is 6.08 Å². The fourth-order valence-corrected chi connectivity index (χ4v) is 5.16. The van der Waals surface area contributed by atoms with E-state index < -0.39 is 38.7 Å². The number of ether oxygens (including phenoxy) is 1. The number of carbonyl (C=O) groups is 3. The van der Waals surface area contributed by atoms with Crippen LogP contribution in [0.1, 0.15) is 19.4 Å². The van der Waals surface area contributed by atoms with E-state index in [1.165, 1.54) is 24.3 Å². The molecule has 3 rings (SSSR count). The third kappa shape index (κ3) is 6.46. The molecule has 0 aromatic heterocycles. The molecule has 0 radical (unpaired) electrons. The molecule has 0 atom stereocenters. The van der Waals surface area contributed by atoms with Gasteiger partial charge in [-0.3, -0.25) is 29.4 Å². The van der Waals surface area contributed by atoms with Gasteiger partial charge >= 0.3 is 16.1 Å². The summed E-state index contributed by atoms with van der Waals surface area (Å²) >= 11 is 3.87. The van der Waals surface area contributed by atoms with Gasteiger partial charge in [-0.25, -0.2) is 0 Å². The SMILES string of the molecule is CC(C)OC(=O)CN1C(=O)S/C(=C\c2ccc(OS(=O)(=O)c3ccc([N+](=O)[O-])cc3)c(Br)c2)C1=O. The number of nitro benzene ring substituents is 1. The number of esters is 1. The minimum Gasteiger partial charge on any atom is -0.462 e. The highest BCUT2D eigenvalue weighted by Crippen LogP contribution is 2.34. The number of nitrogens with zero attached hydrogens (tertiary/aromatic N) is 2. The second kappa shape index (κ2) is 10.6. The van der Waals surface area contributed by atoms with Gasteiger partial charge in [-0.2, -0.15) is 8.42 Å². The van der Waals surface area contributed by atoms with Gasteiger partial charge in [0.05, 0.1) is 20.4 Å². The Balaban J connectivity index is 1.75. The Labute approximate surface area is 212 Å². The molecule has 1 aliphatic rings. The van der Waals surface area contributed by atoms with Gasteiger partial charge in [-0.05, 0) is 77.4 Å². The van der Waals surface area contributed by atoms with Gasteiger partial charge in [0, 0.05) is 12.1 Å². The monoisotopic (exact) mass is 584 g/mol. The van der Waals surface area contributed by atoms with E-state index in [2.05, 4.69) is 15.9 Å². The molecule has 2 aromatic rings. The van der Waals surface area contributed by atoms with E-state index in [0.717, 1.165) is 29.2 Å². The first-order valence-electron chi connectivity index (χ1n) is 9.80. The van der Waals surface area contributed by atoms with E-state index in [4.69, 9.17) is 8.92 Å². The maximum Gasteiger partial charge on any atom is 0.339 e. The van der Waals surface area contributed by atoms with Crippen molar-refractivity contribution in [2.24, 2.45) is 0 Å². The van der Waals surface area contributed by atoms with Crippen molar-refractivity contribution in [3.05, 3.63) is 67.5 Å². The smallest absolute Gasteiger partial charge is 0.339 e. The second-order valence-electron chi connectivity index (χ2n) is 7.28. The first-order valence-corrected chi connectivity index (χ1v) is 12.8. The van der Waals surface area contributed by atoms with Crippen molar-refractivity contribution in [3.8, 4) is 5.75 Å². The number of hydrogen-bond acceptors (Lipinski definition) is 10. The largest absolute Gasteiger partial charge is 0.462 e. The highest BCUT2D eigenvalue weighted by atomic mass is 79.9. The number of imide groups is 1. The van der Waals surface area contributed by atoms with Crippen LogP contribution in [0.15, 0.2) is 56.7 Å². The zero-order valence-electron chi connectivity index (χ0n) is 18.2. The van der Waals surface area contributed by atoms with E-state index in [-0.39, 0.29) is 31.8 Å².